The summed E-state index contributed by atoms with van der Waals surface area (Å²) in [7, 11) is 1.67. The highest BCUT2D eigenvalue weighted by atomic mass is 32.2. The van der Waals surface area contributed by atoms with Crippen LogP contribution in [0.5, 0.6) is 0 Å². The summed E-state index contributed by atoms with van der Waals surface area (Å²) >= 11 is 6.85. The summed E-state index contributed by atoms with van der Waals surface area (Å²) in [5.74, 6) is 0.955. The monoisotopic (exact) mass is 441 g/mol. The van der Waals surface area contributed by atoms with Gasteiger partial charge in [0.25, 0.3) is 5.91 Å². The molecule has 0 unspecified atom stereocenters. The Hall–Kier alpha value is -1.96. The van der Waals surface area contributed by atoms with Crippen molar-refractivity contribution in [1.29, 1.82) is 0 Å². The average molecular weight is 442 g/mol. The molecule has 1 aromatic heterocycles. The molecule has 0 atom stereocenters. The Morgan fingerprint density at radius 1 is 1.27 bits per heavy atom. The van der Waals surface area contributed by atoms with Gasteiger partial charge in [0.2, 0.25) is 0 Å². The molecule has 3 heterocycles. The zero-order chi connectivity index (χ0) is 21.1. The molecule has 0 N–H and O–H groups in total. The maximum atomic E-state index is 13.0. The SMILES string of the molecule is COCCCN1C(=O)/C(=C/c2cc3cccc(C)c3nc2N2CCCCC2)SC1=S. The van der Waals surface area contributed by atoms with Gasteiger partial charge < -0.3 is 9.64 Å². The molecule has 0 bridgehead atoms. The second-order valence-corrected chi connectivity index (χ2v) is 9.45. The molecule has 2 aliphatic heterocycles. The smallest absolute Gasteiger partial charge is 0.266 e. The highest BCUT2D eigenvalue weighted by molar-refractivity contribution is 8.26. The van der Waals surface area contributed by atoms with Crippen molar-refractivity contribution >= 4 is 57.0 Å². The van der Waals surface area contributed by atoms with Gasteiger partial charge in [-0.25, -0.2) is 4.98 Å². The van der Waals surface area contributed by atoms with E-state index in [4.69, 9.17) is 21.9 Å². The van der Waals surface area contributed by atoms with Crippen LogP contribution in [0.4, 0.5) is 5.82 Å². The molecule has 2 saturated heterocycles. The van der Waals surface area contributed by atoms with Crippen LogP contribution in [0.2, 0.25) is 0 Å². The van der Waals surface area contributed by atoms with E-state index in [-0.39, 0.29) is 5.91 Å². The Balaban J connectivity index is 1.72. The highest BCUT2D eigenvalue weighted by Crippen LogP contribution is 2.36. The van der Waals surface area contributed by atoms with E-state index in [1.54, 1.807) is 12.0 Å². The number of hydrogen-bond acceptors (Lipinski definition) is 6. The first kappa shape index (κ1) is 21.3. The summed E-state index contributed by atoms with van der Waals surface area (Å²) in [4.78, 5) is 22.8. The number of aryl methyl sites for hydroxylation is 1. The third kappa shape index (κ3) is 4.38. The van der Waals surface area contributed by atoms with E-state index in [9.17, 15) is 4.79 Å². The maximum absolute atomic E-state index is 13.0. The van der Waals surface area contributed by atoms with Crippen LogP contribution in [0.3, 0.4) is 0 Å². The summed E-state index contributed by atoms with van der Waals surface area (Å²) in [6.07, 6.45) is 6.36. The Labute approximate surface area is 187 Å². The largest absolute Gasteiger partial charge is 0.385 e. The van der Waals surface area contributed by atoms with E-state index in [0.717, 1.165) is 41.8 Å². The minimum Gasteiger partial charge on any atom is -0.385 e. The van der Waals surface area contributed by atoms with Crippen LogP contribution < -0.4 is 4.90 Å². The van der Waals surface area contributed by atoms with Crippen LogP contribution >= 0.6 is 24.0 Å². The lowest BCUT2D eigenvalue weighted by molar-refractivity contribution is -0.122. The minimum absolute atomic E-state index is 0.0185. The van der Waals surface area contributed by atoms with Crippen LogP contribution in [0.1, 0.15) is 36.8 Å². The van der Waals surface area contributed by atoms with Crippen molar-refractivity contribution in [3.8, 4) is 0 Å². The van der Waals surface area contributed by atoms with Gasteiger partial charge in [-0.05, 0) is 50.3 Å². The molecule has 1 aromatic carbocycles. The number of rotatable bonds is 6. The van der Waals surface area contributed by atoms with Crippen LogP contribution in [-0.2, 0) is 9.53 Å². The normalized spacial score (nSPS) is 18.8. The zero-order valence-electron chi connectivity index (χ0n) is 17.5. The van der Waals surface area contributed by atoms with Crippen LogP contribution in [0, 0.1) is 6.92 Å². The van der Waals surface area contributed by atoms with E-state index >= 15 is 0 Å². The number of anilines is 1. The van der Waals surface area contributed by atoms with Gasteiger partial charge in [-0.1, -0.05) is 42.2 Å². The van der Waals surface area contributed by atoms with Crippen molar-refractivity contribution in [2.75, 3.05) is 38.3 Å². The number of carbonyl (C=O) groups is 1. The van der Waals surface area contributed by atoms with Gasteiger partial charge in [0.1, 0.15) is 10.1 Å². The molecule has 30 heavy (non-hydrogen) atoms. The minimum atomic E-state index is -0.0185. The molecule has 1 amide bonds. The van der Waals surface area contributed by atoms with Crippen LogP contribution in [0.15, 0.2) is 29.2 Å². The molecular weight excluding hydrogens is 414 g/mol. The first-order valence-electron chi connectivity index (χ1n) is 10.5. The first-order valence-corrected chi connectivity index (χ1v) is 11.7. The van der Waals surface area contributed by atoms with Gasteiger partial charge in [-0.2, -0.15) is 0 Å². The second kappa shape index (κ2) is 9.45. The van der Waals surface area contributed by atoms with E-state index < -0.39 is 0 Å². The lowest BCUT2D eigenvalue weighted by atomic mass is 10.1. The van der Waals surface area contributed by atoms with Gasteiger partial charge in [-0.3, -0.25) is 9.69 Å². The molecule has 0 spiro atoms. The Morgan fingerprint density at radius 2 is 2.07 bits per heavy atom. The quantitative estimate of drug-likeness (QED) is 0.366. The third-order valence-electron chi connectivity index (χ3n) is 5.60. The van der Waals surface area contributed by atoms with Crippen molar-refractivity contribution < 1.29 is 9.53 Å². The molecule has 4 rings (SSSR count). The molecular formula is C23H27N3O2S2. The number of aromatic nitrogens is 1. The molecule has 7 heteroatoms. The van der Waals surface area contributed by atoms with Gasteiger partial charge in [0.15, 0.2) is 0 Å². The number of piperidine rings is 1. The van der Waals surface area contributed by atoms with Crippen LogP contribution in [0.25, 0.3) is 17.0 Å². The van der Waals surface area contributed by atoms with Crippen LogP contribution in [-0.4, -0.2) is 53.5 Å². The van der Waals surface area contributed by atoms with Crippen molar-refractivity contribution in [3.63, 3.8) is 0 Å². The molecule has 2 aliphatic rings. The molecule has 5 nitrogen and oxygen atoms in total. The molecule has 2 aromatic rings. The molecule has 2 fully saturated rings. The third-order valence-corrected chi connectivity index (χ3v) is 6.98. The van der Waals surface area contributed by atoms with E-state index in [0.29, 0.717) is 22.4 Å². The van der Waals surface area contributed by atoms with E-state index in [1.165, 1.54) is 36.6 Å². The number of ether oxygens (including phenoxy) is 1. The fraction of sp³-hybridized carbons (Fsp3) is 0.435. The number of carbonyl (C=O) groups excluding carboxylic acids is 1. The Kier molecular flexibility index (Phi) is 6.71. The van der Waals surface area contributed by atoms with Crippen molar-refractivity contribution in [2.45, 2.75) is 32.6 Å². The number of nitrogens with zero attached hydrogens (tertiary/aromatic N) is 3. The predicted molar refractivity (Wildman–Crippen MR) is 129 cm³/mol. The average Bonchev–Trinajstić information content (AvgIpc) is 3.02. The Bertz CT molecular complexity index is 999. The number of pyridine rings is 1. The Morgan fingerprint density at radius 3 is 2.83 bits per heavy atom. The summed E-state index contributed by atoms with van der Waals surface area (Å²) in [5.41, 5.74) is 3.19. The van der Waals surface area contributed by atoms with Crippen molar-refractivity contribution in [2.24, 2.45) is 0 Å². The maximum Gasteiger partial charge on any atom is 0.266 e. The molecule has 158 valence electrons. The summed E-state index contributed by atoms with van der Waals surface area (Å²) in [6.45, 7) is 5.31. The number of methoxy groups -OCH3 is 1. The van der Waals surface area contributed by atoms with Gasteiger partial charge in [0.05, 0.1) is 10.4 Å². The number of thioether (sulfide) groups is 1. The van der Waals surface area contributed by atoms with Crippen molar-refractivity contribution in [1.82, 2.24) is 9.88 Å². The zero-order valence-corrected chi connectivity index (χ0v) is 19.2. The fourth-order valence-electron chi connectivity index (χ4n) is 4.02. The number of hydrogen-bond donors (Lipinski definition) is 0. The van der Waals surface area contributed by atoms with E-state index in [2.05, 4.69) is 36.1 Å². The topological polar surface area (TPSA) is 45.7 Å². The van der Waals surface area contributed by atoms with Gasteiger partial charge in [0, 0.05) is 44.3 Å². The number of para-hydroxylation sites is 1. The number of amides is 1. The molecule has 0 saturated carbocycles. The number of fused-ring (bicyclic) bond motifs is 1. The highest BCUT2D eigenvalue weighted by Gasteiger charge is 2.32. The lowest BCUT2D eigenvalue weighted by Gasteiger charge is -2.29. The van der Waals surface area contributed by atoms with E-state index in [1.807, 2.05) is 6.08 Å². The first-order chi connectivity index (χ1) is 14.6. The van der Waals surface area contributed by atoms with Gasteiger partial charge in [-0.15, -0.1) is 0 Å². The lowest BCUT2D eigenvalue weighted by Crippen LogP contribution is -2.31. The standard InChI is InChI=1S/C23H27N3O2S2/c1-16-8-6-9-17-14-18(21(24-20(16)17)25-10-4-3-5-11-25)15-19-22(27)26(23(29)30-19)12-7-13-28-2/h6,8-9,14-15H,3-5,7,10-13H2,1-2H3/b19-15-. The summed E-state index contributed by atoms with van der Waals surface area (Å²) in [5, 5.41) is 1.09. The van der Waals surface area contributed by atoms with Gasteiger partial charge >= 0.3 is 0 Å². The summed E-state index contributed by atoms with van der Waals surface area (Å²) < 4.78 is 5.73. The summed E-state index contributed by atoms with van der Waals surface area (Å²) in [6, 6.07) is 8.40. The van der Waals surface area contributed by atoms with Crippen molar-refractivity contribution in [3.05, 3.63) is 40.3 Å². The molecule has 0 radical (unpaired) electrons. The number of thiocarbonyl (C=S) groups is 1. The molecule has 0 aliphatic carbocycles. The number of benzene rings is 1. The predicted octanol–water partition coefficient (Wildman–Crippen LogP) is 4.77. The fourth-order valence-corrected chi connectivity index (χ4v) is 5.32. The second-order valence-electron chi connectivity index (χ2n) is 7.78.